The lowest BCUT2D eigenvalue weighted by molar-refractivity contribution is -0.122. The van der Waals surface area contributed by atoms with Crippen molar-refractivity contribution >= 4 is 16.8 Å². The van der Waals surface area contributed by atoms with E-state index in [1.807, 2.05) is 0 Å². The van der Waals surface area contributed by atoms with Gasteiger partial charge in [0.2, 0.25) is 0 Å². The Morgan fingerprint density at radius 2 is 2.14 bits per heavy atom. The van der Waals surface area contributed by atoms with Gasteiger partial charge in [-0.25, -0.2) is 0 Å². The highest BCUT2D eigenvalue weighted by molar-refractivity contribution is 6.64. The molecule has 0 saturated carbocycles. The van der Waals surface area contributed by atoms with E-state index in [2.05, 4.69) is 12.2 Å². The molecule has 0 aromatic rings. The first-order chi connectivity index (χ1) is 6.77. The van der Waals surface area contributed by atoms with Gasteiger partial charge in [0.1, 0.15) is 6.10 Å². The summed E-state index contributed by atoms with van der Waals surface area (Å²) in [6.07, 6.45) is 9.56. The van der Waals surface area contributed by atoms with Gasteiger partial charge in [0, 0.05) is 0 Å². The molecule has 2 aliphatic rings. The van der Waals surface area contributed by atoms with Crippen molar-refractivity contribution in [1.82, 2.24) is 0 Å². The smallest absolute Gasteiger partial charge is 0.250 e. The van der Waals surface area contributed by atoms with Gasteiger partial charge in [-0.3, -0.25) is 4.79 Å². The van der Waals surface area contributed by atoms with E-state index in [1.165, 1.54) is 6.42 Å². The summed E-state index contributed by atoms with van der Waals surface area (Å²) in [6, 6.07) is 0. The average molecular weight is 215 g/mol. The summed E-state index contributed by atoms with van der Waals surface area (Å²) in [7, 11) is 0. The molecular weight excluding hydrogens is 200 g/mol. The molecule has 3 atom stereocenters. The zero-order valence-electron chi connectivity index (χ0n) is 8.12. The second kappa shape index (κ2) is 4.45. The van der Waals surface area contributed by atoms with Gasteiger partial charge in [-0.1, -0.05) is 12.2 Å². The molecule has 0 aromatic carbocycles. The summed E-state index contributed by atoms with van der Waals surface area (Å²) in [5.74, 6) is 0.598. The van der Waals surface area contributed by atoms with Crippen LogP contribution in [-0.2, 0) is 9.53 Å². The highest BCUT2D eigenvalue weighted by Gasteiger charge is 2.34. The third-order valence-electron chi connectivity index (χ3n) is 3.14. The third kappa shape index (κ3) is 2.18. The summed E-state index contributed by atoms with van der Waals surface area (Å²) >= 11 is 5.41. The Labute approximate surface area is 89.3 Å². The Hall–Kier alpha value is -0.340. The predicted molar refractivity (Wildman–Crippen MR) is 55.2 cm³/mol. The van der Waals surface area contributed by atoms with Gasteiger partial charge in [0.15, 0.2) is 0 Å². The van der Waals surface area contributed by atoms with E-state index < -0.39 is 0 Å². The van der Waals surface area contributed by atoms with Gasteiger partial charge in [-0.05, 0) is 49.6 Å². The molecule has 0 spiro atoms. The monoisotopic (exact) mass is 214 g/mol. The first kappa shape index (κ1) is 10.2. The maximum absolute atomic E-state index is 10.9. The van der Waals surface area contributed by atoms with Crippen molar-refractivity contribution in [2.24, 2.45) is 5.92 Å². The standard InChI is InChI=1S/C11H15ClO2/c12-11(13)10-7-6-9(14-10)8-4-2-1-3-5-8/h1-2,8-10H,3-7H2. The SMILES string of the molecule is O=C(Cl)C1CCC(C2CC=CCC2)O1. The lowest BCUT2D eigenvalue weighted by Crippen LogP contribution is -2.24. The molecule has 0 N–H and O–H groups in total. The number of allylic oxidation sites excluding steroid dienone is 2. The van der Waals surface area contributed by atoms with Crippen LogP contribution in [0.5, 0.6) is 0 Å². The summed E-state index contributed by atoms with van der Waals surface area (Å²) in [5, 5.41) is -0.334. The summed E-state index contributed by atoms with van der Waals surface area (Å²) < 4.78 is 5.65. The highest BCUT2D eigenvalue weighted by atomic mass is 35.5. The minimum Gasteiger partial charge on any atom is -0.366 e. The lowest BCUT2D eigenvalue weighted by atomic mass is 9.88. The fraction of sp³-hybridized carbons (Fsp3) is 0.727. The maximum atomic E-state index is 10.9. The van der Waals surface area contributed by atoms with E-state index in [9.17, 15) is 4.79 Å². The molecule has 2 nitrogen and oxygen atoms in total. The number of carbonyl (C=O) groups excluding carboxylic acids is 1. The van der Waals surface area contributed by atoms with Crippen LogP contribution in [-0.4, -0.2) is 17.5 Å². The number of carbonyl (C=O) groups is 1. The largest absolute Gasteiger partial charge is 0.366 e. The summed E-state index contributed by atoms with van der Waals surface area (Å²) in [4.78, 5) is 10.9. The van der Waals surface area contributed by atoms with Gasteiger partial charge >= 0.3 is 0 Å². The minimum atomic E-state index is -0.340. The van der Waals surface area contributed by atoms with Crippen LogP contribution in [0.25, 0.3) is 0 Å². The van der Waals surface area contributed by atoms with Crippen LogP contribution in [0.2, 0.25) is 0 Å². The molecule has 1 aliphatic carbocycles. The van der Waals surface area contributed by atoms with Crippen LogP contribution in [0, 0.1) is 5.92 Å². The van der Waals surface area contributed by atoms with Crippen molar-refractivity contribution in [3.63, 3.8) is 0 Å². The molecule has 0 bridgehead atoms. The molecule has 0 amide bonds. The Morgan fingerprint density at radius 1 is 1.29 bits per heavy atom. The molecule has 14 heavy (non-hydrogen) atoms. The number of ether oxygens (including phenoxy) is 1. The quantitative estimate of drug-likeness (QED) is 0.522. The van der Waals surface area contributed by atoms with Crippen molar-refractivity contribution in [1.29, 1.82) is 0 Å². The first-order valence-electron chi connectivity index (χ1n) is 5.27. The fourth-order valence-corrected chi connectivity index (χ4v) is 2.49. The Bertz CT molecular complexity index is 250. The van der Waals surface area contributed by atoms with E-state index in [4.69, 9.17) is 16.3 Å². The molecule has 2 rings (SSSR count). The van der Waals surface area contributed by atoms with Gasteiger partial charge in [0.25, 0.3) is 5.24 Å². The van der Waals surface area contributed by atoms with Crippen LogP contribution in [0.3, 0.4) is 0 Å². The Morgan fingerprint density at radius 3 is 2.71 bits per heavy atom. The van der Waals surface area contributed by atoms with Gasteiger partial charge in [0.05, 0.1) is 6.10 Å². The minimum absolute atomic E-state index is 0.257. The second-order valence-corrected chi connectivity index (χ2v) is 4.46. The zero-order chi connectivity index (χ0) is 9.97. The van der Waals surface area contributed by atoms with Crippen molar-refractivity contribution in [3.05, 3.63) is 12.2 Å². The van der Waals surface area contributed by atoms with Crippen molar-refractivity contribution in [2.45, 2.75) is 44.3 Å². The number of hydrogen-bond donors (Lipinski definition) is 0. The fourth-order valence-electron chi connectivity index (χ4n) is 2.33. The molecule has 1 fully saturated rings. The lowest BCUT2D eigenvalue weighted by Gasteiger charge is -2.24. The second-order valence-electron chi connectivity index (χ2n) is 4.09. The van der Waals surface area contributed by atoms with E-state index in [0.29, 0.717) is 5.92 Å². The van der Waals surface area contributed by atoms with Gasteiger partial charge in [-0.2, -0.15) is 0 Å². The maximum Gasteiger partial charge on any atom is 0.250 e. The normalized spacial score (nSPS) is 37.4. The number of halogens is 1. The first-order valence-corrected chi connectivity index (χ1v) is 5.65. The van der Waals surface area contributed by atoms with E-state index in [1.54, 1.807) is 0 Å². The topological polar surface area (TPSA) is 26.3 Å². The Kier molecular flexibility index (Phi) is 3.24. The third-order valence-corrected chi connectivity index (χ3v) is 3.38. The summed E-state index contributed by atoms with van der Waals surface area (Å²) in [6.45, 7) is 0. The number of hydrogen-bond acceptors (Lipinski definition) is 2. The zero-order valence-corrected chi connectivity index (χ0v) is 8.87. The molecule has 3 heteroatoms. The summed E-state index contributed by atoms with van der Waals surface area (Å²) in [5.41, 5.74) is 0. The molecule has 3 unspecified atom stereocenters. The van der Waals surface area contributed by atoms with Crippen LogP contribution in [0.4, 0.5) is 0 Å². The molecule has 0 aromatic heterocycles. The Balaban J connectivity index is 1.88. The van der Waals surface area contributed by atoms with E-state index in [0.717, 1.165) is 25.7 Å². The van der Waals surface area contributed by atoms with Gasteiger partial charge in [-0.15, -0.1) is 0 Å². The van der Waals surface area contributed by atoms with Crippen molar-refractivity contribution in [2.75, 3.05) is 0 Å². The molecular formula is C11H15ClO2. The van der Waals surface area contributed by atoms with Crippen LogP contribution in [0.15, 0.2) is 12.2 Å². The van der Waals surface area contributed by atoms with Crippen LogP contribution < -0.4 is 0 Å². The van der Waals surface area contributed by atoms with Crippen molar-refractivity contribution in [3.8, 4) is 0 Å². The van der Waals surface area contributed by atoms with Gasteiger partial charge < -0.3 is 4.74 Å². The molecule has 0 radical (unpaired) electrons. The van der Waals surface area contributed by atoms with Crippen LogP contribution >= 0.6 is 11.6 Å². The number of rotatable bonds is 2. The molecule has 1 aliphatic heterocycles. The predicted octanol–water partition coefficient (Wildman–Crippen LogP) is 2.66. The van der Waals surface area contributed by atoms with E-state index in [-0.39, 0.29) is 17.5 Å². The van der Waals surface area contributed by atoms with E-state index >= 15 is 0 Å². The highest BCUT2D eigenvalue weighted by Crippen LogP contribution is 2.32. The molecule has 1 heterocycles. The molecule has 78 valence electrons. The average Bonchev–Trinajstić information content (AvgIpc) is 2.68. The van der Waals surface area contributed by atoms with Crippen molar-refractivity contribution < 1.29 is 9.53 Å². The molecule has 1 saturated heterocycles. The van der Waals surface area contributed by atoms with Crippen LogP contribution in [0.1, 0.15) is 32.1 Å².